The van der Waals surface area contributed by atoms with Gasteiger partial charge in [-0.05, 0) is 12.1 Å². The Balaban J connectivity index is 2.18. The number of hydrogen-bond donors (Lipinski definition) is 2. The molecule has 0 aromatic carbocycles. The quantitative estimate of drug-likeness (QED) is 0.533. The van der Waals surface area contributed by atoms with Gasteiger partial charge in [-0.15, -0.1) is 0 Å². The third-order valence-electron chi connectivity index (χ3n) is 1.72. The molecular formula is C9H14N2O2. The van der Waals surface area contributed by atoms with Crippen molar-refractivity contribution in [3.8, 4) is 0 Å². The number of amidine groups is 1. The number of ether oxygens (including phenoxy) is 1. The number of hydrogen-bond acceptors (Lipinski definition) is 3. The van der Waals surface area contributed by atoms with Crippen LogP contribution in [0.3, 0.4) is 0 Å². The van der Waals surface area contributed by atoms with Crippen LogP contribution in [0.25, 0.3) is 0 Å². The van der Waals surface area contributed by atoms with Crippen LogP contribution in [0.2, 0.25) is 0 Å². The molecule has 0 amide bonds. The molecule has 1 aromatic rings. The normalized spacial score (nSPS) is 12.7. The fourth-order valence-electron chi connectivity index (χ4n) is 0.821. The van der Waals surface area contributed by atoms with Gasteiger partial charge in [0, 0.05) is 5.92 Å². The third-order valence-corrected chi connectivity index (χ3v) is 1.72. The van der Waals surface area contributed by atoms with Gasteiger partial charge in [0.15, 0.2) is 0 Å². The standard InChI is InChI=1S/C9H14N2O2/c1-7(9(10)11)5-12-6-8-3-2-4-13-8/h2-4,7H,5-6H2,1H3,(H3,10,11). The summed E-state index contributed by atoms with van der Waals surface area (Å²) < 4.78 is 10.4. The van der Waals surface area contributed by atoms with Crippen molar-refractivity contribution in [3.63, 3.8) is 0 Å². The average Bonchev–Trinajstić information content (AvgIpc) is 2.56. The van der Waals surface area contributed by atoms with E-state index in [1.165, 1.54) is 0 Å². The Hall–Kier alpha value is -1.29. The lowest BCUT2D eigenvalue weighted by molar-refractivity contribution is 0.0940. The summed E-state index contributed by atoms with van der Waals surface area (Å²) in [7, 11) is 0. The van der Waals surface area contributed by atoms with Crippen molar-refractivity contribution in [3.05, 3.63) is 24.2 Å². The van der Waals surface area contributed by atoms with Crippen LogP contribution in [-0.2, 0) is 11.3 Å². The van der Waals surface area contributed by atoms with Gasteiger partial charge >= 0.3 is 0 Å². The van der Waals surface area contributed by atoms with Crippen molar-refractivity contribution in [1.29, 1.82) is 5.41 Å². The molecule has 1 aromatic heterocycles. The van der Waals surface area contributed by atoms with Crippen molar-refractivity contribution in [1.82, 2.24) is 0 Å². The lowest BCUT2D eigenvalue weighted by Crippen LogP contribution is -2.23. The Bertz CT molecular complexity index is 257. The van der Waals surface area contributed by atoms with E-state index in [0.717, 1.165) is 5.76 Å². The molecule has 0 aliphatic heterocycles. The topological polar surface area (TPSA) is 72.2 Å². The molecule has 72 valence electrons. The second kappa shape index (κ2) is 4.67. The monoisotopic (exact) mass is 182 g/mol. The Labute approximate surface area is 77.2 Å². The van der Waals surface area contributed by atoms with Crippen molar-refractivity contribution in [2.24, 2.45) is 11.7 Å². The summed E-state index contributed by atoms with van der Waals surface area (Å²) in [5.74, 6) is 0.908. The molecule has 1 atom stereocenters. The summed E-state index contributed by atoms with van der Waals surface area (Å²) in [6.07, 6.45) is 1.60. The maximum atomic E-state index is 7.13. The van der Waals surface area contributed by atoms with Gasteiger partial charge in [-0.3, -0.25) is 5.41 Å². The fourth-order valence-corrected chi connectivity index (χ4v) is 0.821. The summed E-state index contributed by atoms with van der Waals surface area (Å²) in [6, 6.07) is 3.66. The van der Waals surface area contributed by atoms with Crippen LogP contribution in [0, 0.1) is 11.3 Å². The molecule has 0 spiro atoms. The Morgan fingerprint density at radius 1 is 1.77 bits per heavy atom. The van der Waals surface area contributed by atoms with E-state index >= 15 is 0 Å². The summed E-state index contributed by atoms with van der Waals surface area (Å²) in [4.78, 5) is 0. The van der Waals surface area contributed by atoms with Gasteiger partial charge in [0.25, 0.3) is 0 Å². The summed E-state index contributed by atoms with van der Waals surface area (Å²) in [5.41, 5.74) is 5.28. The van der Waals surface area contributed by atoms with Gasteiger partial charge in [-0.25, -0.2) is 0 Å². The number of rotatable bonds is 5. The zero-order valence-electron chi connectivity index (χ0n) is 7.62. The van der Waals surface area contributed by atoms with Crippen molar-refractivity contribution >= 4 is 5.84 Å². The molecule has 4 heteroatoms. The van der Waals surface area contributed by atoms with E-state index in [1.54, 1.807) is 6.26 Å². The highest BCUT2D eigenvalue weighted by Crippen LogP contribution is 2.03. The largest absolute Gasteiger partial charge is 0.467 e. The molecule has 0 fully saturated rings. The van der Waals surface area contributed by atoms with Gasteiger partial charge in [0.2, 0.25) is 0 Å². The molecule has 3 N–H and O–H groups in total. The molecular weight excluding hydrogens is 168 g/mol. The van der Waals surface area contributed by atoms with E-state index in [2.05, 4.69) is 0 Å². The van der Waals surface area contributed by atoms with Crippen molar-refractivity contribution in [2.45, 2.75) is 13.5 Å². The van der Waals surface area contributed by atoms with Crippen LogP contribution in [0.15, 0.2) is 22.8 Å². The van der Waals surface area contributed by atoms with E-state index in [0.29, 0.717) is 13.2 Å². The second-order valence-corrected chi connectivity index (χ2v) is 2.95. The molecule has 4 nitrogen and oxygen atoms in total. The van der Waals surface area contributed by atoms with Crippen molar-refractivity contribution in [2.75, 3.05) is 6.61 Å². The van der Waals surface area contributed by atoms with Gasteiger partial charge in [-0.2, -0.15) is 0 Å². The van der Waals surface area contributed by atoms with Crippen LogP contribution in [0.5, 0.6) is 0 Å². The van der Waals surface area contributed by atoms with E-state index < -0.39 is 0 Å². The molecule has 0 saturated heterocycles. The maximum absolute atomic E-state index is 7.13. The Morgan fingerprint density at radius 2 is 2.54 bits per heavy atom. The lowest BCUT2D eigenvalue weighted by Gasteiger charge is -2.08. The van der Waals surface area contributed by atoms with Crippen LogP contribution in [0.4, 0.5) is 0 Å². The first-order valence-electron chi connectivity index (χ1n) is 4.14. The predicted molar refractivity (Wildman–Crippen MR) is 49.4 cm³/mol. The summed E-state index contributed by atoms with van der Waals surface area (Å²) in [6.45, 7) is 2.74. The maximum Gasteiger partial charge on any atom is 0.129 e. The average molecular weight is 182 g/mol. The van der Waals surface area contributed by atoms with Crippen molar-refractivity contribution < 1.29 is 9.15 Å². The fraction of sp³-hybridized carbons (Fsp3) is 0.444. The van der Waals surface area contributed by atoms with Gasteiger partial charge in [0.05, 0.1) is 18.7 Å². The first-order chi connectivity index (χ1) is 6.20. The minimum absolute atomic E-state index is 0.0324. The summed E-state index contributed by atoms with van der Waals surface area (Å²) in [5, 5.41) is 7.13. The van der Waals surface area contributed by atoms with E-state index in [4.69, 9.17) is 20.3 Å². The summed E-state index contributed by atoms with van der Waals surface area (Å²) >= 11 is 0. The van der Waals surface area contributed by atoms with Crippen LogP contribution >= 0.6 is 0 Å². The Kier molecular flexibility index (Phi) is 3.52. The predicted octanol–water partition coefficient (Wildman–Crippen LogP) is 1.37. The van der Waals surface area contributed by atoms with Gasteiger partial charge in [-0.1, -0.05) is 6.92 Å². The SMILES string of the molecule is CC(COCc1ccco1)C(=N)N. The first kappa shape index (κ1) is 9.80. The molecule has 13 heavy (non-hydrogen) atoms. The Morgan fingerprint density at radius 3 is 3.08 bits per heavy atom. The van der Waals surface area contributed by atoms with Crippen LogP contribution in [-0.4, -0.2) is 12.4 Å². The lowest BCUT2D eigenvalue weighted by atomic mass is 10.2. The molecule has 0 bridgehead atoms. The molecule has 0 aliphatic carbocycles. The number of nitrogens with one attached hydrogen (secondary N) is 1. The molecule has 1 unspecified atom stereocenters. The first-order valence-corrected chi connectivity index (χ1v) is 4.14. The molecule has 0 saturated carbocycles. The second-order valence-electron chi connectivity index (χ2n) is 2.95. The minimum atomic E-state index is -0.0324. The van der Waals surface area contributed by atoms with Gasteiger partial charge < -0.3 is 14.9 Å². The van der Waals surface area contributed by atoms with E-state index in [-0.39, 0.29) is 11.8 Å². The molecule has 1 heterocycles. The smallest absolute Gasteiger partial charge is 0.129 e. The molecule has 1 rings (SSSR count). The zero-order chi connectivity index (χ0) is 9.68. The number of nitrogens with two attached hydrogens (primary N) is 1. The third kappa shape index (κ3) is 3.29. The highest BCUT2D eigenvalue weighted by atomic mass is 16.5. The highest BCUT2D eigenvalue weighted by molar-refractivity contribution is 5.79. The zero-order valence-corrected chi connectivity index (χ0v) is 7.62. The van der Waals surface area contributed by atoms with Crippen LogP contribution in [0.1, 0.15) is 12.7 Å². The minimum Gasteiger partial charge on any atom is -0.467 e. The molecule has 0 radical (unpaired) electrons. The van der Waals surface area contributed by atoms with E-state index in [9.17, 15) is 0 Å². The molecule has 0 aliphatic rings. The van der Waals surface area contributed by atoms with E-state index in [1.807, 2.05) is 19.1 Å². The number of furan rings is 1. The van der Waals surface area contributed by atoms with Crippen LogP contribution < -0.4 is 5.73 Å². The van der Waals surface area contributed by atoms with Gasteiger partial charge in [0.1, 0.15) is 12.4 Å². The highest BCUT2D eigenvalue weighted by Gasteiger charge is 2.05.